The van der Waals surface area contributed by atoms with E-state index in [1.807, 2.05) is 5.48 Å². The molecule has 0 aliphatic carbocycles. The Morgan fingerprint density at radius 3 is 2.92 bits per heavy atom. The van der Waals surface area contributed by atoms with Crippen molar-refractivity contribution in [3.8, 4) is 0 Å². The molecule has 0 aliphatic rings. The summed E-state index contributed by atoms with van der Waals surface area (Å²) in [6, 6.07) is 4.69. The zero-order valence-electron chi connectivity index (χ0n) is 12.6. The molecule has 0 radical (unpaired) electrons. The Kier molecular flexibility index (Phi) is 6.65. The molecule has 5 N–H and O–H groups in total. The number of aromatic nitrogens is 2. The minimum Gasteiger partial charge on any atom is -0.352 e. The summed E-state index contributed by atoms with van der Waals surface area (Å²) in [5.41, 5.74) is 6.87. The van der Waals surface area contributed by atoms with E-state index in [-0.39, 0.29) is 34.4 Å². The van der Waals surface area contributed by atoms with E-state index in [1.54, 1.807) is 0 Å². The van der Waals surface area contributed by atoms with Crippen LogP contribution in [0.25, 0.3) is 0 Å². The fraction of sp³-hybridized carbons (Fsp3) is 0.231. The predicted molar refractivity (Wildman–Crippen MR) is 85.1 cm³/mol. The number of amidine groups is 1. The second kappa shape index (κ2) is 8.94. The number of rotatable bonds is 7. The number of carbonyl (C=O) groups is 1. The summed E-state index contributed by atoms with van der Waals surface area (Å²) in [7, 11) is 0. The first-order chi connectivity index (χ1) is 12.0. The summed E-state index contributed by atoms with van der Waals surface area (Å²) in [5.74, 6) is 0.280. The number of aliphatic imine (C=N–C) groups is 1. The van der Waals surface area contributed by atoms with Gasteiger partial charge in [0.2, 0.25) is 0 Å². The average molecular weight is 372 g/mol. The molecule has 12 heteroatoms. The fourth-order valence-corrected chi connectivity index (χ4v) is 2.49. The van der Waals surface area contributed by atoms with Crippen LogP contribution in [0.2, 0.25) is 0 Å². The molecule has 2 aromatic rings. The van der Waals surface area contributed by atoms with E-state index in [9.17, 15) is 18.8 Å². The van der Waals surface area contributed by atoms with Crippen LogP contribution in [-0.4, -0.2) is 39.7 Å². The van der Waals surface area contributed by atoms with Crippen molar-refractivity contribution in [3.05, 3.63) is 35.5 Å². The van der Waals surface area contributed by atoms with Crippen LogP contribution in [0.5, 0.6) is 0 Å². The lowest BCUT2D eigenvalue weighted by Crippen LogP contribution is -2.31. The van der Waals surface area contributed by atoms with Gasteiger partial charge in [0.05, 0.1) is 5.69 Å². The lowest BCUT2D eigenvalue weighted by Gasteiger charge is -2.05. The van der Waals surface area contributed by atoms with Crippen molar-refractivity contribution in [1.29, 1.82) is 0 Å². The Hall–Kier alpha value is -2.73. The lowest BCUT2D eigenvalue weighted by atomic mass is 10.2. The second-order valence-electron chi connectivity index (χ2n) is 4.53. The number of hydrogen-bond acceptors (Lipinski definition) is 7. The number of halogens is 2. The molecular formula is C13H14F2N6O3S. The Morgan fingerprint density at radius 2 is 2.24 bits per heavy atom. The van der Waals surface area contributed by atoms with Gasteiger partial charge in [0.1, 0.15) is 0 Å². The largest absolute Gasteiger partial charge is 0.352 e. The van der Waals surface area contributed by atoms with E-state index in [1.165, 1.54) is 36.0 Å². The van der Waals surface area contributed by atoms with Crippen molar-refractivity contribution >= 4 is 29.3 Å². The van der Waals surface area contributed by atoms with Gasteiger partial charge in [0, 0.05) is 17.9 Å². The number of primary amides is 1. The van der Waals surface area contributed by atoms with E-state index in [0.717, 1.165) is 0 Å². The number of amides is 2. The Balaban J connectivity index is 2.16. The molecule has 25 heavy (non-hydrogen) atoms. The number of urea groups is 1. The van der Waals surface area contributed by atoms with Crippen LogP contribution in [0.1, 0.15) is 17.7 Å². The van der Waals surface area contributed by atoms with Gasteiger partial charge in [0.15, 0.2) is 16.6 Å². The Morgan fingerprint density at radius 1 is 1.44 bits per heavy atom. The number of benzene rings is 1. The third-order valence-corrected chi connectivity index (χ3v) is 3.74. The van der Waals surface area contributed by atoms with Gasteiger partial charge in [-0.25, -0.2) is 23.2 Å². The zero-order valence-corrected chi connectivity index (χ0v) is 13.5. The maximum absolute atomic E-state index is 12.7. The molecule has 0 fully saturated rings. The minimum absolute atomic E-state index is 0.0917. The molecule has 0 saturated carbocycles. The molecule has 0 bridgehead atoms. The fourth-order valence-electron chi connectivity index (χ4n) is 1.73. The SMILES string of the molecule is NC(=O)NCCSc1nonc1C(=Nc1cccc(C(F)F)c1)NO. The van der Waals surface area contributed by atoms with Crippen molar-refractivity contribution in [1.82, 2.24) is 21.1 Å². The molecule has 2 amide bonds. The summed E-state index contributed by atoms with van der Waals surface area (Å²) in [5, 5.41) is 19.3. The van der Waals surface area contributed by atoms with Gasteiger partial charge < -0.3 is 11.1 Å². The second-order valence-corrected chi connectivity index (χ2v) is 5.61. The monoisotopic (exact) mass is 372 g/mol. The number of nitrogens with zero attached hydrogens (tertiary/aromatic N) is 3. The first-order valence-electron chi connectivity index (χ1n) is 6.87. The predicted octanol–water partition coefficient (Wildman–Crippen LogP) is 1.82. The van der Waals surface area contributed by atoms with Gasteiger partial charge in [0.25, 0.3) is 6.43 Å². The van der Waals surface area contributed by atoms with Gasteiger partial charge in [-0.2, -0.15) is 0 Å². The van der Waals surface area contributed by atoms with Crippen molar-refractivity contribution in [3.63, 3.8) is 0 Å². The molecule has 0 saturated heterocycles. The smallest absolute Gasteiger partial charge is 0.312 e. The van der Waals surface area contributed by atoms with Crippen LogP contribution < -0.4 is 16.5 Å². The Labute approximate surface area is 144 Å². The summed E-state index contributed by atoms with van der Waals surface area (Å²) >= 11 is 1.17. The van der Waals surface area contributed by atoms with E-state index >= 15 is 0 Å². The van der Waals surface area contributed by atoms with E-state index in [4.69, 9.17) is 5.73 Å². The molecule has 2 rings (SSSR count). The topological polar surface area (TPSA) is 139 Å². The molecule has 1 heterocycles. The number of hydroxylamine groups is 1. The summed E-state index contributed by atoms with van der Waals surface area (Å²) in [6.07, 6.45) is -2.64. The summed E-state index contributed by atoms with van der Waals surface area (Å²) in [6.45, 7) is 0.280. The normalized spacial score (nSPS) is 11.6. The van der Waals surface area contributed by atoms with Crippen LogP contribution in [-0.2, 0) is 0 Å². The van der Waals surface area contributed by atoms with Gasteiger partial charge in [-0.1, -0.05) is 23.9 Å². The average Bonchev–Trinajstić information content (AvgIpc) is 3.05. The number of nitrogens with two attached hydrogens (primary N) is 1. The number of thioether (sulfide) groups is 1. The molecule has 0 unspecified atom stereocenters. The van der Waals surface area contributed by atoms with Gasteiger partial charge in [-0.3, -0.25) is 10.7 Å². The number of hydrogen-bond donors (Lipinski definition) is 4. The van der Waals surface area contributed by atoms with Gasteiger partial charge >= 0.3 is 6.03 Å². The summed E-state index contributed by atoms with van der Waals surface area (Å²) < 4.78 is 30.1. The van der Waals surface area contributed by atoms with Crippen molar-refractivity contribution in [2.24, 2.45) is 10.7 Å². The van der Waals surface area contributed by atoms with Crippen molar-refractivity contribution < 1.29 is 23.4 Å². The number of alkyl halides is 2. The molecule has 9 nitrogen and oxygen atoms in total. The van der Waals surface area contributed by atoms with Crippen molar-refractivity contribution in [2.45, 2.75) is 11.5 Å². The van der Waals surface area contributed by atoms with Crippen molar-refractivity contribution in [2.75, 3.05) is 12.3 Å². The van der Waals surface area contributed by atoms with Crippen LogP contribution in [0, 0.1) is 0 Å². The standard InChI is InChI=1S/C13H14F2N6O3S/c14-10(15)7-2-1-3-8(6-7)18-11(19-23)9-12(21-24-20-9)25-5-4-17-13(16)22/h1-3,6,10,23H,4-5H2,(H,18,19)(H3,16,17,22). The molecule has 134 valence electrons. The van der Waals surface area contributed by atoms with Gasteiger partial charge in [-0.15, -0.1) is 0 Å². The van der Waals surface area contributed by atoms with E-state index in [0.29, 0.717) is 5.75 Å². The first-order valence-corrected chi connectivity index (χ1v) is 7.85. The van der Waals surface area contributed by atoms with Crippen LogP contribution in [0.15, 0.2) is 38.9 Å². The number of nitrogens with one attached hydrogen (secondary N) is 2. The molecule has 1 aromatic carbocycles. The molecular weight excluding hydrogens is 358 g/mol. The maximum Gasteiger partial charge on any atom is 0.312 e. The van der Waals surface area contributed by atoms with E-state index in [2.05, 4.69) is 25.3 Å². The quantitative estimate of drug-likeness (QED) is 0.191. The molecule has 0 spiro atoms. The highest BCUT2D eigenvalue weighted by Gasteiger charge is 2.17. The highest BCUT2D eigenvalue weighted by atomic mass is 32.2. The molecule has 0 atom stereocenters. The third kappa shape index (κ3) is 5.39. The lowest BCUT2D eigenvalue weighted by molar-refractivity contribution is 0.151. The first kappa shape index (κ1) is 18.6. The molecule has 1 aromatic heterocycles. The summed E-state index contributed by atoms with van der Waals surface area (Å²) in [4.78, 5) is 14.6. The highest BCUT2D eigenvalue weighted by Crippen LogP contribution is 2.25. The zero-order chi connectivity index (χ0) is 18.2. The third-order valence-electron chi connectivity index (χ3n) is 2.79. The highest BCUT2D eigenvalue weighted by molar-refractivity contribution is 7.99. The number of carbonyl (C=O) groups excluding carboxylic acids is 1. The minimum atomic E-state index is -2.64. The van der Waals surface area contributed by atoms with Gasteiger partial charge in [-0.05, 0) is 22.4 Å². The van der Waals surface area contributed by atoms with Crippen LogP contribution >= 0.6 is 11.8 Å². The Bertz CT molecular complexity index is 755. The molecule has 0 aliphatic heterocycles. The van der Waals surface area contributed by atoms with Crippen LogP contribution in [0.4, 0.5) is 19.3 Å². The maximum atomic E-state index is 12.7. The van der Waals surface area contributed by atoms with E-state index < -0.39 is 12.5 Å². The van der Waals surface area contributed by atoms with Crippen LogP contribution in [0.3, 0.4) is 0 Å².